The topological polar surface area (TPSA) is 108 Å². The molecule has 3 aromatic rings. The van der Waals surface area contributed by atoms with E-state index in [2.05, 4.69) is 20.3 Å². The fourth-order valence-electron chi connectivity index (χ4n) is 4.71. The molecule has 7 nitrogen and oxygen atoms in total. The number of aryl methyl sites for hydroxylation is 1. The van der Waals surface area contributed by atoms with Crippen LogP contribution >= 0.6 is 11.3 Å². The summed E-state index contributed by atoms with van der Waals surface area (Å²) in [5, 5.41) is 24.2. The zero-order valence-corrected chi connectivity index (χ0v) is 20.2. The molecule has 35 heavy (non-hydrogen) atoms. The number of rotatable bonds is 5. The van der Waals surface area contributed by atoms with Gasteiger partial charge in [0.15, 0.2) is 0 Å². The van der Waals surface area contributed by atoms with Gasteiger partial charge in [-0.05, 0) is 60.9 Å². The van der Waals surface area contributed by atoms with Gasteiger partial charge in [0.05, 0.1) is 10.8 Å². The molecule has 1 fully saturated rings. The van der Waals surface area contributed by atoms with Gasteiger partial charge in [0.1, 0.15) is 16.3 Å². The Morgan fingerprint density at radius 3 is 2.63 bits per heavy atom. The molecule has 0 amide bonds. The predicted octanol–water partition coefficient (Wildman–Crippen LogP) is 5.77. The number of carboxylic acids is 1. The Bertz CT molecular complexity index is 1260. The van der Waals surface area contributed by atoms with Gasteiger partial charge >= 0.3 is 12.1 Å². The first-order valence-corrected chi connectivity index (χ1v) is 11.8. The summed E-state index contributed by atoms with van der Waals surface area (Å²) < 4.78 is 38.9. The number of aliphatic hydroxyl groups is 1. The number of thiazole rings is 1. The summed E-state index contributed by atoms with van der Waals surface area (Å²) in [6.45, 7) is 5.55. The fraction of sp³-hybridized carbons (Fsp3) is 0.417. The largest absolute Gasteiger partial charge is 0.481 e. The minimum Gasteiger partial charge on any atom is -0.481 e. The lowest BCUT2D eigenvalue weighted by molar-refractivity contribution is -0.154. The van der Waals surface area contributed by atoms with Crippen molar-refractivity contribution >= 4 is 28.9 Å². The lowest BCUT2D eigenvalue weighted by atomic mass is 9.63. The van der Waals surface area contributed by atoms with Crippen LogP contribution in [0.2, 0.25) is 0 Å². The van der Waals surface area contributed by atoms with Crippen LogP contribution in [0, 0.1) is 18.3 Å². The highest BCUT2D eigenvalue weighted by Crippen LogP contribution is 2.51. The Balaban J connectivity index is 1.59. The molecule has 1 aromatic carbocycles. The molecule has 3 N–H and O–H groups in total. The Morgan fingerprint density at radius 2 is 1.97 bits per heavy atom. The van der Waals surface area contributed by atoms with Crippen LogP contribution in [0.3, 0.4) is 0 Å². The van der Waals surface area contributed by atoms with E-state index in [9.17, 15) is 28.2 Å². The van der Waals surface area contributed by atoms with Crippen molar-refractivity contribution in [3.8, 4) is 10.4 Å². The lowest BCUT2D eigenvalue weighted by Gasteiger charge is -2.44. The summed E-state index contributed by atoms with van der Waals surface area (Å²) in [6, 6.07) is 6.23. The van der Waals surface area contributed by atoms with E-state index >= 15 is 0 Å². The van der Waals surface area contributed by atoms with E-state index < -0.39 is 34.8 Å². The van der Waals surface area contributed by atoms with Gasteiger partial charge in [0, 0.05) is 18.1 Å². The summed E-state index contributed by atoms with van der Waals surface area (Å²) in [4.78, 5) is 24.3. The molecule has 2 heterocycles. The minimum atomic E-state index is -4.57. The number of hydrogen-bond acceptors (Lipinski definition) is 7. The maximum absolute atomic E-state index is 13.0. The lowest BCUT2D eigenvalue weighted by Crippen LogP contribution is -2.44. The van der Waals surface area contributed by atoms with Gasteiger partial charge in [-0.3, -0.25) is 4.79 Å². The van der Waals surface area contributed by atoms with E-state index in [0.29, 0.717) is 23.5 Å². The molecule has 0 radical (unpaired) electrons. The van der Waals surface area contributed by atoms with Crippen LogP contribution in [0.25, 0.3) is 10.4 Å². The molecule has 0 aliphatic heterocycles. The van der Waals surface area contributed by atoms with Crippen LogP contribution < -0.4 is 5.32 Å². The first-order valence-electron chi connectivity index (χ1n) is 11.0. The maximum atomic E-state index is 13.0. The van der Waals surface area contributed by atoms with Crippen molar-refractivity contribution in [1.82, 2.24) is 15.0 Å². The average Bonchev–Trinajstić information content (AvgIpc) is 3.23. The third-order valence-electron chi connectivity index (χ3n) is 6.30. The van der Waals surface area contributed by atoms with Crippen molar-refractivity contribution in [2.24, 2.45) is 11.3 Å². The summed E-state index contributed by atoms with van der Waals surface area (Å²) >= 11 is 1.31. The number of aliphatic carboxylic acids is 1. The van der Waals surface area contributed by atoms with Crippen molar-refractivity contribution in [2.45, 2.75) is 51.8 Å². The number of carbonyl (C=O) groups is 1. The van der Waals surface area contributed by atoms with Crippen molar-refractivity contribution in [1.29, 1.82) is 0 Å². The number of benzene rings is 1. The monoisotopic (exact) mass is 506 g/mol. The molecule has 2 aromatic heterocycles. The van der Waals surface area contributed by atoms with E-state index in [1.165, 1.54) is 11.3 Å². The van der Waals surface area contributed by atoms with Gasteiger partial charge in [0.25, 0.3) is 0 Å². The van der Waals surface area contributed by atoms with Gasteiger partial charge in [-0.2, -0.15) is 13.2 Å². The van der Waals surface area contributed by atoms with Crippen LogP contribution in [-0.2, 0) is 16.6 Å². The van der Waals surface area contributed by atoms with Crippen molar-refractivity contribution < 1.29 is 28.2 Å². The second-order valence-electron chi connectivity index (χ2n) is 9.63. The van der Waals surface area contributed by atoms with E-state index in [-0.39, 0.29) is 12.4 Å². The molecule has 1 saturated carbocycles. The number of carboxylic acid groups (broad SMARTS) is 1. The molecule has 0 unspecified atom stereocenters. The van der Waals surface area contributed by atoms with Crippen molar-refractivity contribution in [2.75, 3.05) is 5.32 Å². The number of hydrogen-bond donors (Lipinski definition) is 3. The second kappa shape index (κ2) is 8.87. The molecule has 4 rings (SSSR count). The summed E-state index contributed by atoms with van der Waals surface area (Å²) in [7, 11) is 0. The quantitative estimate of drug-likeness (QED) is 0.403. The molecule has 1 aliphatic rings. The third kappa shape index (κ3) is 5.30. The number of halogens is 3. The standard InChI is InChI=1S/C24H25F3N4O3S/c1-13-8-14(10-15(9-13)30-21-28-7-5-18(31-21)24(25,26)27)17-11-29-20(35-17)23(34)6-4-16(19(32)33)22(2,3)12-23/h5,7-11,16,34H,4,6,12H2,1-3H3,(H,32,33)(H,28,30,31)/t16-,23+/m0/s1. The van der Waals surface area contributed by atoms with E-state index in [4.69, 9.17) is 0 Å². The Hall–Kier alpha value is -3.05. The van der Waals surface area contributed by atoms with Crippen LogP contribution in [-0.4, -0.2) is 31.1 Å². The first-order chi connectivity index (χ1) is 16.3. The fourth-order valence-corrected chi connectivity index (χ4v) is 5.72. The minimum absolute atomic E-state index is 0.173. The van der Waals surface area contributed by atoms with E-state index in [0.717, 1.165) is 28.3 Å². The second-order valence-corrected chi connectivity index (χ2v) is 10.7. The van der Waals surface area contributed by atoms with Gasteiger partial charge in [0.2, 0.25) is 5.95 Å². The molecule has 186 valence electrons. The number of anilines is 2. The number of alkyl halides is 3. The van der Waals surface area contributed by atoms with Crippen molar-refractivity contribution in [3.63, 3.8) is 0 Å². The van der Waals surface area contributed by atoms with Gasteiger partial charge in [-0.25, -0.2) is 15.0 Å². The van der Waals surface area contributed by atoms with Gasteiger partial charge in [-0.15, -0.1) is 11.3 Å². The van der Waals surface area contributed by atoms with E-state index in [1.807, 2.05) is 26.8 Å². The van der Waals surface area contributed by atoms with Gasteiger partial charge < -0.3 is 15.5 Å². The Labute approximate surface area is 204 Å². The zero-order valence-electron chi connectivity index (χ0n) is 19.3. The van der Waals surface area contributed by atoms with Gasteiger partial charge in [-0.1, -0.05) is 19.9 Å². The highest BCUT2D eigenvalue weighted by Gasteiger charge is 2.49. The number of nitrogens with one attached hydrogen (secondary N) is 1. The third-order valence-corrected chi connectivity index (χ3v) is 7.54. The Kier molecular flexibility index (Phi) is 6.35. The number of nitrogens with zero attached hydrogens (tertiary/aromatic N) is 3. The molecule has 0 saturated heterocycles. The molecular formula is C24H25F3N4O3S. The van der Waals surface area contributed by atoms with Crippen LogP contribution in [0.1, 0.15) is 49.4 Å². The van der Waals surface area contributed by atoms with Crippen LogP contribution in [0.5, 0.6) is 0 Å². The normalized spacial score (nSPS) is 22.1. The van der Waals surface area contributed by atoms with Crippen LogP contribution in [0.4, 0.5) is 24.8 Å². The molecule has 1 aliphatic carbocycles. The highest BCUT2D eigenvalue weighted by molar-refractivity contribution is 7.15. The zero-order chi connectivity index (χ0) is 25.6. The van der Waals surface area contributed by atoms with E-state index in [1.54, 1.807) is 18.3 Å². The SMILES string of the molecule is Cc1cc(Nc2nccc(C(F)(F)F)n2)cc(-c2cnc([C@@]3(O)CC[C@@H](C(=O)O)C(C)(C)C3)s2)c1. The first kappa shape index (κ1) is 25.1. The molecule has 0 bridgehead atoms. The Morgan fingerprint density at radius 1 is 1.23 bits per heavy atom. The van der Waals surface area contributed by atoms with Crippen LogP contribution in [0.15, 0.2) is 36.7 Å². The highest BCUT2D eigenvalue weighted by atomic mass is 32.1. The van der Waals surface area contributed by atoms with Crippen molar-refractivity contribution in [3.05, 3.63) is 52.9 Å². The molecule has 11 heteroatoms. The number of aromatic nitrogens is 3. The maximum Gasteiger partial charge on any atom is 0.433 e. The molecular weight excluding hydrogens is 481 g/mol. The summed E-state index contributed by atoms with van der Waals surface area (Å²) in [5.74, 6) is -1.57. The predicted molar refractivity (Wildman–Crippen MR) is 125 cm³/mol. The molecule has 2 atom stereocenters. The summed E-state index contributed by atoms with van der Waals surface area (Å²) in [6.07, 6.45) is -0.956. The average molecular weight is 507 g/mol. The molecule has 0 spiro atoms. The summed E-state index contributed by atoms with van der Waals surface area (Å²) in [5.41, 5.74) is -0.732. The smallest absolute Gasteiger partial charge is 0.433 e.